The van der Waals surface area contributed by atoms with Crippen LogP contribution in [-0.2, 0) is 0 Å². The zero-order valence-electron chi connectivity index (χ0n) is 12.2. The highest BCUT2D eigenvalue weighted by Crippen LogP contribution is 2.24. The highest BCUT2D eigenvalue weighted by molar-refractivity contribution is 5.67. The molecule has 3 aromatic rings. The molecule has 2 aromatic heterocycles. The molecule has 106 valence electrons. The number of hydrogen-bond donors (Lipinski definition) is 0. The van der Waals surface area contributed by atoms with E-state index in [4.69, 9.17) is 4.52 Å². The maximum absolute atomic E-state index is 5.32. The highest BCUT2D eigenvalue weighted by Gasteiger charge is 2.13. The minimum atomic E-state index is 0.294. The van der Waals surface area contributed by atoms with E-state index in [0.29, 0.717) is 17.6 Å². The quantitative estimate of drug-likeness (QED) is 0.714. The first-order valence-electron chi connectivity index (χ1n) is 7.12. The lowest BCUT2D eigenvalue weighted by atomic mass is 10.1. The Kier molecular flexibility index (Phi) is 3.77. The van der Waals surface area contributed by atoms with Crippen molar-refractivity contribution in [3.05, 3.63) is 54.7 Å². The van der Waals surface area contributed by atoms with Crippen molar-refractivity contribution in [2.45, 2.75) is 26.2 Å². The van der Waals surface area contributed by atoms with E-state index in [-0.39, 0.29) is 0 Å². The molecule has 0 saturated carbocycles. The summed E-state index contributed by atoms with van der Waals surface area (Å²) in [5.74, 6) is 1.64. The second-order valence-corrected chi connectivity index (χ2v) is 5.08. The molecule has 0 aliphatic rings. The molecule has 0 radical (unpaired) electrons. The first-order chi connectivity index (χ1) is 10.3. The number of pyridine rings is 1. The Bertz CT molecular complexity index is 704. The number of hydrogen-bond acceptors (Lipinski definition) is 4. The Morgan fingerprint density at radius 3 is 2.24 bits per heavy atom. The van der Waals surface area contributed by atoms with E-state index in [0.717, 1.165) is 23.1 Å². The highest BCUT2D eigenvalue weighted by atomic mass is 16.5. The van der Waals surface area contributed by atoms with Gasteiger partial charge in [-0.3, -0.25) is 4.98 Å². The van der Waals surface area contributed by atoms with Crippen molar-refractivity contribution in [3.63, 3.8) is 0 Å². The number of aromatic nitrogens is 3. The van der Waals surface area contributed by atoms with E-state index >= 15 is 0 Å². The predicted molar refractivity (Wildman–Crippen MR) is 81.7 cm³/mol. The molecule has 21 heavy (non-hydrogen) atoms. The monoisotopic (exact) mass is 279 g/mol. The topological polar surface area (TPSA) is 51.8 Å². The lowest BCUT2D eigenvalue weighted by Gasteiger charge is -2.01. The molecule has 0 unspecified atom stereocenters. The van der Waals surface area contributed by atoms with Crippen LogP contribution < -0.4 is 0 Å². The Labute approximate surface area is 123 Å². The fraction of sp³-hybridized carbons (Fsp3) is 0.235. The lowest BCUT2D eigenvalue weighted by molar-refractivity contribution is 0.357. The average Bonchev–Trinajstić information content (AvgIpc) is 3.05. The van der Waals surface area contributed by atoms with E-state index in [9.17, 15) is 0 Å². The van der Waals surface area contributed by atoms with E-state index in [2.05, 4.69) is 41.1 Å². The molecular weight excluding hydrogens is 262 g/mol. The third-order valence-corrected chi connectivity index (χ3v) is 3.63. The van der Waals surface area contributed by atoms with Crippen LogP contribution in [0.15, 0.2) is 53.3 Å². The van der Waals surface area contributed by atoms with Gasteiger partial charge in [0.15, 0.2) is 0 Å². The summed E-state index contributed by atoms with van der Waals surface area (Å²) >= 11 is 0. The van der Waals surface area contributed by atoms with E-state index < -0.39 is 0 Å². The van der Waals surface area contributed by atoms with Gasteiger partial charge in [-0.25, -0.2) is 0 Å². The molecule has 0 fully saturated rings. The van der Waals surface area contributed by atoms with Gasteiger partial charge in [0.05, 0.1) is 0 Å². The van der Waals surface area contributed by atoms with Gasteiger partial charge in [0.2, 0.25) is 11.7 Å². The van der Waals surface area contributed by atoms with Crippen LogP contribution in [0.4, 0.5) is 0 Å². The normalized spacial score (nSPS) is 12.3. The molecule has 1 aromatic carbocycles. The van der Waals surface area contributed by atoms with Crippen LogP contribution in [0.2, 0.25) is 0 Å². The van der Waals surface area contributed by atoms with Crippen molar-refractivity contribution in [1.29, 1.82) is 0 Å². The third kappa shape index (κ3) is 2.84. The van der Waals surface area contributed by atoms with Crippen LogP contribution in [0, 0.1) is 0 Å². The molecule has 0 spiro atoms. The van der Waals surface area contributed by atoms with Crippen LogP contribution in [0.5, 0.6) is 0 Å². The first kappa shape index (κ1) is 13.5. The first-order valence-corrected chi connectivity index (χ1v) is 7.12. The largest absolute Gasteiger partial charge is 0.339 e. The molecule has 0 aliphatic carbocycles. The minimum Gasteiger partial charge on any atom is -0.339 e. The number of nitrogens with zero attached hydrogens (tertiary/aromatic N) is 3. The van der Waals surface area contributed by atoms with Gasteiger partial charge in [-0.05, 0) is 29.7 Å². The summed E-state index contributed by atoms with van der Waals surface area (Å²) in [6.07, 6.45) is 4.57. The molecule has 0 aliphatic heterocycles. The van der Waals surface area contributed by atoms with Gasteiger partial charge in [0.25, 0.3) is 0 Å². The summed E-state index contributed by atoms with van der Waals surface area (Å²) < 4.78 is 5.32. The zero-order chi connectivity index (χ0) is 14.7. The van der Waals surface area contributed by atoms with Crippen molar-refractivity contribution in [2.75, 3.05) is 0 Å². The van der Waals surface area contributed by atoms with Gasteiger partial charge in [0.1, 0.15) is 0 Å². The zero-order valence-corrected chi connectivity index (χ0v) is 12.2. The minimum absolute atomic E-state index is 0.294. The van der Waals surface area contributed by atoms with Crippen molar-refractivity contribution in [3.8, 4) is 22.5 Å². The van der Waals surface area contributed by atoms with Crippen LogP contribution in [0.25, 0.3) is 22.5 Å². The maximum atomic E-state index is 5.32. The predicted octanol–water partition coefficient (Wildman–Crippen LogP) is 4.31. The van der Waals surface area contributed by atoms with E-state index in [1.54, 1.807) is 12.4 Å². The maximum Gasteiger partial charge on any atom is 0.229 e. The second-order valence-electron chi connectivity index (χ2n) is 5.08. The summed E-state index contributed by atoms with van der Waals surface area (Å²) in [5.41, 5.74) is 3.25. The molecule has 3 rings (SSSR count). The van der Waals surface area contributed by atoms with E-state index in [1.807, 2.05) is 24.3 Å². The molecule has 0 amide bonds. The van der Waals surface area contributed by atoms with Crippen molar-refractivity contribution >= 4 is 0 Å². The number of rotatable bonds is 4. The van der Waals surface area contributed by atoms with Gasteiger partial charge in [-0.2, -0.15) is 4.98 Å². The Morgan fingerprint density at radius 1 is 0.952 bits per heavy atom. The molecule has 4 nitrogen and oxygen atoms in total. The van der Waals surface area contributed by atoms with Crippen molar-refractivity contribution in [2.24, 2.45) is 0 Å². The molecule has 4 heteroatoms. The van der Waals surface area contributed by atoms with Crippen molar-refractivity contribution in [1.82, 2.24) is 15.1 Å². The summed E-state index contributed by atoms with van der Waals surface area (Å²) in [5, 5.41) is 4.06. The lowest BCUT2D eigenvalue weighted by Crippen LogP contribution is -1.91. The van der Waals surface area contributed by atoms with Crippen LogP contribution in [0.3, 0.4) is 0 Å². The SMILES string of the molecule is CC[C@@H](C)c1nc(-c2ccc(-c3ccncc3)cc2)no1. The van der Waals surface area contributed by atoms with Crippen molar-refractivity contribution < 1.29 is 4.52 Å². The molecular formula is C17H17N3O. The summed E-state index contributed by atoms with van der Waals surface area (Å²) in [6, 6.07) is 12.1. The number of benzene rings is 1. The van der Waals surface area contributed by atoms with Gasteiger partial charge >= 0.3 is 0 Å². The van der Waals surface area contributed by atoms with Gasteiger partial charge in [-0.1, -0.05) is 43.3 Å². The molecule has 0 bridgehead atoms. The third-order valence-electron chi connectivity index (χ3n) is 3.63. The summed E-state index contributed by atoms with van der Waals surface area (Å²) in [7, 11) is 0. The Hall–Kier alpha value is -2.49. The molecule has 2 heterocycles. The van der Waals surface area contributed by atoms with Gasteiger partial charge in [-0.15, -0.1) is 0 Å². The summed E-state index contributed by atoms with van der Waals surface area (Å²) in [6.45, 7) is 4.20. The fourth-order valence-electron chi connectivity index (χ4n) is 2.08. The molecule has 0 N–H and O–H groups in total. The Morgan fingerprint density at radius 2 is 1.57 bits per heavy atom. The molecule has 0 saturated heterocycles. The van der Waals surface area contributed by atoms with Crippen LogP contribution in [0.1, 0.15) is 32.1 Å². The smallest absolute Gasteiger partial charge is 0.229 e. The Balaban J connectivity index is 1.86. The van der Waals surface area contributed by atoms with Gasteiger partial charge in [0, 0.05) is 23.9 Å². The van der Waals surface area contributed by atoms with Gasteiger partial charge < -0.3 is 4.52 Å². The van der Waals surface area contributed by atoms with Crippen LogP contribution >= 0.6 is 0 Å². The molecule has 1 atom stereocenters. The standard InChI is InChI=1S/C17H17N3O/c1-3-12(2)17-19-16(20-21-17)15-6-4-13(5-7-15)14-8-10-18-11-9-14/h4-12H,3H2,1-2H3/t12-/m1/s1. The second kappa shape index (κ2) is 5.87. The fourth-order valence-corrected chi connectivity index (χ4v) is 2.08. The van der Waals surface area contributed by atoms with Crippen LogP contribution in [-0.4, -0.2) is 15.1 Å². The average molecular weight is 279 g/mol. The van der Waals surface area contributed by atoms with E-state index in [1.165, 1.54) is 0 Å². The summed E-state index contributed by atoms with van der Waals surface area (Å²) in [4.78, 5) is 8.50.